The molecular formula is C44H50N6O4. The van der Waals surface area contributed by atoms with E-state index in [9.17, 15) is 9.59 Å². The standard InChI is InChI=1S/C44H50N6O4/c1-41(2,3)53-39(51)49-33(19-43(7)21-35(43)49)37-45-23-31(47-37)26-11-9-25(10-12-26)27-13-14-29-18-30(16-15-28(29)17-27)32-24-46-38(48-32)34-20-44(8)22-36(44)50(34)40(52)54-42(4,5)6/h9-18,23-24,33-36H,19-22H2,1-8H3,(H,45,47)(H,46,48)/t33-,34-,35+,36+,43?,44-/m0/s1. The number of piperidine rings is 2. The maximum Gasteiger partial charge on any atom is 0.411 e. The molecule has 4 fully saturated rings. The molecule has 280 valence electrons. The zero-order valence-electron chi connectivity index (χ0n) is 32.5. The molecule has 6 atom stereocenters. The molecule has 10 nitrogen and oxygen atoms in total. The van der Waals surface area contributed by atoms with Crippen molar-refractivity contribution in [2.45, 2.75) is 116 Å². The smallest absolute Gasteiger partial charge is 0.411 e. The van der Waals surface area contributed by atoms with E-state index in [-0.39, 0.29) is 47.2 Å². The zero-order valence-corrected chi connectivity index (χ0v) is 32.5. The molecule has 2 aliphatic carbocycles. The van der Waals surface area contributed by atoms with E-state index < -0.39 is 11.2 Å². The van der Waals surface area contributed by atoms with Gasteiger partial charge in [-0.2, -0.15) is 0 Å². The molecule has 2 saturated heterocycles. The molecule has 5 aromatic rings. The van der Waals surface area contributed by atoms with Crippen molar-refractivity contribution in [1.29, 1.82) is 0 Å². The van der Waals surface area contributed by atoms with E-state index in [4.69, 9.17) is 19.4 Å². The molecule has 4 heterocycles. The van der Waals surface area contributed by atoms with E-state index in [1.165, 1.54) is 0 Å². The van der Waals surface area contributed by atoms with E-state index in [0.29, 0.717) is 0 Å². The summed E-state index contributed by atoms with van der Waals surface area (Å²) >= 11 is 0. The minimum atomic E-state index is -0.549. The summed E-state index contributed by atoms with van der Waals surface area (Å²) in [5, 5.41) is 2.29. The lowest BCUT2D eigenvalue weighted by atomic mass is 9.98. The van der Waals surface area contributed by atoms with Gasteiger partial charge in [-0.1, -0.05) is 62.4 Å². The van der Waals surface area contributed by atoms with Crippen LogP contribution in [0.3, 0.4) is 0 Å². The molecule has 3 aromatic carbocycles. The number of likely N-dealkylation sites (tertiary alicyclic amines) is 2. The van der Waals surface area contributed by atoms with E-state index in [0.717, 1.165) is 81.7 Å². The molecule has 9 rings (SSSR count). The van der Waals surface area contributed by atoms with Gasteiger partial charge in [0.15, 0.2) is 0 Å². The zero-order chi connectivity index (χ0) is 37.9. The molecular weight excluding hydrogens is 677 g/mol. The first kappa shape index (κ1) is 34.6. The van der Waals surface area contributed by atoms with Crippen molar-refractivity contribution in [2.75, 3.05) is 0 Å². The van der Waals surface area contributed by atoms with Gasteiger partial charge < -0.3 is 19.4 Å². The summed E-state index contributed by atoms with van der Waals surface area (Å²) < 4.78 is 11.6. The predicted octanol–water partition coefficient (Wildman–Crippen LogP) is 10.2. The number of fused-ring (bicyclic) bond motifs is 3. The van der Waals surface area contributed by atoms with Gasteiger partial charge >= 0.3 is 12.2 Å². The fraction of sp³-hybridized carbons (Fsp3) is 0.455. The average molecular weight is 727 g/mol. The summed E-state index contributed by atoms with van der Waals surface area (Å²) in [7, 11) is 0. The third-order valence-corrected chi connectivity index (χ3v) is 12.0. The number of benzene rings is 3. The molecule has 2 aromatic heterocycles. The summed E-state index contributed by atoms with van der Waals surface area (Å²) in [5.74, 6) is 1.61. The Morgan fingerprint density at radius 1 is 0.611 bits per heavy atom. The van der Waals surface area contributed by atoms with Crippen LogP contribution in [0.2, 0.25) is 0 Å². The molecule has 0 radical (unpaired) electrons. The number of amides is 2. The number of hydrogen-bond donors (Lipinski definition) is 2. The number of imidazole rings is 2. The van der Waals surface area contributed by atoms with Crippen molar-refractivity contribution in [3.8, 4) is 33.6 Å². The van der Waals surface area contributed by atoms with Crippen molar-refractivity contribution < 1.29 is 19.1 Å². The number of nitrogens with zero attached hydrogens (tertiary/aromatic N) is 4. The number of carbonyl (C=O) groups excluding carboxylic acids is 2. The lowest BCUT2D eigenvalue weighted by Crippen LogP contribution is -2.38. The van der Waals surface area contributed by atoms with E-state index in [2.05, 4.69) is 84.5 Å². The van der Waals surface area contributed by atoms with Gasteiger partial charge in [0.25, 0.3) is 0 Å². The van der Waals surface area contributed by atoms with Crippen LogP contribution in [-0.2, 0) is 9.47 Å². The Balaban J connectivity index is 0.898. The van der Waals surface area contributed by atoms with Gasteiger partial charge in [-0.3, -0.25) is 9.80 Å². The number of H-pyrrole nitrogens is 2. The Bertz CT molecular complexity index is 2300. The molecule has 0 bridgehead atoms. The Labute approximate surface area is 316 Å². The first-order chi connectivity index (χ1) is 25.5. The summed E-state index contributed by atoms with van der Waals surface area (Å²) in [5.41, 5.74) is 5.36. The van der Waals surface area contributed by atoms with Crippen LogP contribution >= 0.6 is 0 Å². The minimum absolute atomic E-state index is 0.124. The van der Waals surface area contributed by atoms with Gasteiger partial charge in [0, 0.05) is 17.6 Å². The van der Waals surface area contributed by atoms with Crippen molar-refractivity contribution in [3.63, 3.8) is 0 Å². The van der Waals surface area contributed by atoms with E-state index >= 15 is 0 Å². The number of hydrogen-bond acceptors (Lipinski definition) is 6. The van der Waals surface area contributed by atoms with E-state index in [1.807, 2.05) is 63.7 Å². The highest BCUT2D eigenvalue weighted by molar-refractivity contribution is 5.90. The molecule has 2 N–H and O–H groups in total. The lowest BCUT2D eigenvalue weighted by molar-refractivity contribution is 0.0164. The second kappa shape index (κ2) is 11.7. The topological polar surface area (TPSA) is 116 Å². The first-order valence-corrected chi connectivity index (χ1v) is 19.2. The Morgan fingerprint density at radius 3 is 1.50 bits per heavy atom. The van der Waals surface area contributed by atoms with Gasteiger partial charge in [0.2, 0.25) is 0 Å². The van der Waals surface area contributed by atoms with Crippen LogP contribution in [0.4, 0.5) is 9.59 Å². The number of nitrogens with one attached hydrogen (secondary N) is 2. The molecule has 54 heavy (non-hydrogen) atoms. The van der Waals surface area contributed by atoms with Crippen LogP contribution < -0.4 is 0 Å². The minimum Gasteiger partial charge on any atom is -0.444 e. The fourth-order valence-corrected chi connectivity index (χ4v) is 8.92. The second-order valence-corrected chi connectivity index (χ2v) is 18.7. The van der Waals surface area contributed by atoms with Crippen LogP contribution in [0.5, 0.6) is 0 Å². The molecule has 2 aliphatic heterocycles. The number of ether oxygens (including phenoxy) is 2. The highest BCUT2D eigenvalue weighted by atomic mass is 16.6. The molecule has 0 spiro atoms. The molecule has 2 saturated carbocycles. The lowest BCUT2D eigenvalue weighted by Gasteiger charge is -2.29. The molecule has 10 heteroatoms. The number of rotatable bonds is 5. The number of aromatic amines is 2. The summed E-state index contributed by atoms with van der Waals surface area (Å²) in [6.45, 7) is 16.0. The quantitative estimate of drug-likeness (QED) is 0.186. The first-order valence-electron chi connectivity index (χ1n) is 19.2. The number of aromatic nitrogens is 4. The Kier molecular flexibility index (Phi) is 7.50. The highest BCUT2D eigenvalue weighted by Gasteiger charge is 2.65. The van der Waals surface area contributed by atoms with Gasteiger partial charge in [-0.15, -0.1) is 0 Å². The Morgan fingerprint density at radius 2 is 1.02 bits per heavy atom. The van der Waals surface area contributed by atoms with Crippen LogP contribution in [0, 0.1) is 10.8 Å². The predicted molar refractivity (Wildman–Crippen MR) is 208 cm³/mol. The Hall–Kier alpha value is -5.12. The highest BCUT2D eigenvalue weighted by Crippen LogP contribution is 2.64. The van der Waals surface area contributed by atoms with Crippen molar-refractivity contribution >= 4 is 23.0 Å². The monoisotopic (exact) mass is 726 g/mol. The average Bonchev–Trinajstić information content (AvgIpc) is 3.57. The van der Waals surface area contributed by atoms with Gasteiger partial charge in [0.05, 0.1) is 35.9 Å². The maximum absolute atomic E-state index is 13.2. The number of carbonyl (C=O) groups is 2. The normalized spacial score (nSPS) is 27.2. The van der Waals surface area contributed by atoms with Crippen LogP contribution in [0.1, 0.15) is 105 Å². The molecule has 2 amide bonds. The van der Waals surface area contributed by atoms with Crippen LogP contribution in [0.25, 0.3) is 44.4 Å². The maximum atomic E-state index is 13.2. The van der Waals surface area contributed by atoms with Gasteiger partial charge in [0.1, 0.15) is 22.9 Å². The van der Waals surface area contributed by atoms with Crippen LogP contribution in [-0.4, -0.2) is 65.2 Å². The van der Waals surface area contributed by atoms with Crippen molar-refractivity contribution in [3.05, 3.63) is 84.7 Å². The summed E-state index contributed by atoms with van der Waals surface area (Å²) in [6, 6.07) is 21.7. The van der Waals surface area contributed by atoms with Gasteiger partial charge in [-0.05, 0) is 118 Å². The van der Waals surface area contributed by atoms with Crippen LogP contribution in [0.15, 0.2) is 73.1 Å². The van der Waals surface area contributed by atoms with Gasteiger partial charge in [-0.25, -0.2) is 19.6 Å². The summed E-state index contributed by atoms with van der Waals surface area (Å²) in [4.78, 5) is 46.8. The SMILES string of the molecule is CC(C)(C)OC(=O)N1[C@H](c2ncc(-c3ccc(-c4ccc5cc(-c6cnc([C@@H]7C[C@@]8(C)C[C@H]8N7C(=O)OC(C)(C)C)[nH]6)ccc5c4)cc3)[nH]2)CC2(C)C[C@@H]12. The second-order valence-electron chi connectivity index (χ2n) is 18.7. The third kappa shape index (κ3) is 6.13. The largest absolute Gasteiger partial charge is 0.444 e. The van der Waals surface area contributed by atoms with Crippen molar-refractivity contribution in [2.24, 2.45) is 10.8 Å². The van der Waals surface area contributed by atoms with E-state index in [1.54, 1.807) is 0 Å². The summed E-state index contributed by atoms with van der Waals surface area (Å²) in [6.07, 6.45) is 7.00. The molecule has 4 aliphatic rings. The fourth-order valence-electron chi connectivity index (χ4n) is 8.92. The van der Waals surface area contributed by atoms with Crippen molar-refractivity contribution in [1.82, 2.24) is 29.7 Å². The third-order valence-electron chi connectivity index (χ3n) is 12.0. The molecule has 1 unspecified atom stereocenters.